The molecule has 102 valence electrons. The van der Waals surface area contributed by atoms with E-state index >= 15 is 0 Å². The maximum Gasteiger partial charge on any atom is 0.242 e. The van der Waals surface area contributed by atoms with Crippen LogP contribution in [0.2, 0.25) is 0 Å². The third kappa shape index (κ3) is 3.98. The molecule has 0 aromatic heterocycles. The third-order valence-electron chi connectivity index (χ3n) is 3.10. The van der Waals surface area contributed by atoms with Gasteiger partial charge in [-0.3, -0.25) is 9.59 Å². The Balaban J connectivity index is 1.83. The second kappa shape index (κ2) is 5.73. The molecule has 0 spiro atoms. The first kappa shape index (κ1) is 13.4. The van der Waals surface area contributed by atoms with Gasteiger partial charge >= 0.3 is 0 Å². The molecule has 1 aliphatic rings. The molecule has 5 heteroatoms. The quantitative estimate of drug-likeness (QED) is 0.678. The number of hydrogen-bond acceptors (Lipinski definition) is 3. The normalized spacial score (nSPS) is 15.6. The van der Waals surface area contributed by atoms with Gasteiger partial charge in [0.05, 0.1) is 6.42 Å². The first-order chi connectivity index (χ1) is 9.06. The van der Waals surface area contributed by atoms with E-state index in [0.29, 0.717) is 11.7 Å². The van der Waals surface area contributed by atoms with Gasteiger partial charge in [0, 0.05) is 11.7 Å². The predicted octanol–water partition coefficient (Wildman–Crippen LogP) is 0.595. The van der Waals surface area contributed by atoms with E-state index in [2.05, 4.69) is 10.6 Å². The van der Waals surface area contributed by atoms with Crippen LogP contribution in [0.5, 0.6) is 0 Å². The zero-order valence-corrected chi connectivity index (χ0v) is 11.0. The summed E-state index contributed by atoms with van der Waals surface area (Å²) in [5.41, 5.74) is 7.14. The van der Waals surface area contributed by atoms with E-state index in [1.54, 1.807) is 13.0 Å². The summed E-state index contributed by atoms with van der Waals surface area (Å²) in [6.45, 7) is 1.68. The summed E-state index contributed by atoms with van der Waals surface area (Å²) in [4.78, 5) is 23.5. The summed E-state index contributed by atoms with van der Waals surface area (Å²) < 4.78 is 0. The van der Waals surface area contributed by atoms with Crippen LogP contribution < -0.4 is 16.4 Å². The minimum atomic E-state index is -0.516. The highest BCUT2D eigenvalue weighted by Gasteiger charge is 2.26. The van der Waals surface area contributed by atoms with E-state index in [1.165, 1.54) is 0 Å². The van der Waals surface area contributed by atoms with Crippen molar-refractivity contribution >= 4 is 17.5 Å². The van der Waals surface area contributed by atoms with Crippen molar-refractivity contribution in [2.75, 3.05) is 5.73 Å². The molecule has 1 atom stereocenters. The van der Waals surface area contributed by atoms with Crippen molar-refractivity contribution in [1.29, 1.82) is 0 Å². The lowest BCUT2D eigenvalue weighted by Gasteiger charge is -2.14. The number of rotatable bonds is 5. The molecule has 1 aliphatic carbocycles. The minimum absolute atomic E-state index is 0.128. The molecule has 2 rings (SSSR count). The van der Waals surface area contributed by atoms with Crippen LogP contribution in [0.3, 0.4) is 0 Å². The zero-order chi connectivity index (χ0) is 13.8. The molecular weight excluding hydrogens is 242 g/mol. The summed E-state index contributed by atoms with van der Waals surface area (Å²) in [7, 11) is 0. The fourth-order valence-electron chi connectivity index (χ4n) is 1.78. The van der Waals surface area contributed by atoms with Crippen LogP contribution in [0, 0.1) is 0 Å². The van der Waals surface area contributed by atoms with Gasteiger partial charge in [0.25, 0.3) is 0 Å². The average molecular weight is 261 g/mol. The van der Waals surface area contributed by atoms with Crippen molar-refractivity contribution in [3.8, 4) is 0 Å². The lowest BCUT2D eigenvalue weighted by atomic mass is 10.1. The number of amides is 2. The first-order valence-corrected chi connectivity index (χ1v) is 6.49. The van der Waals surface area contributed by atoms with Crippen LogP contribution in [0.4, 0.5) is 5.69 Å². The van der Waals surface area contributed by atoms with Crippen molar-refractivity contribution in [3.63, 3.8) is 0 Å². The summed E-state index contributed by atoms with van der Waals surface area (Å²) >= 11 is 0. The number of nitrogen functional groups attached to an aromatic ring is 1. The summed E-state index contributed by atoms with van der Waals surface area (Å²) in [5.74, 6) is -0.326. The second-order valence-electron chi connectivity index (χ2n) is 4.95. The largest absolute Gasteiger partial charge is 0.398 e. The van der Waals surface area contributed by atoms with Gasteiger partial charge < -0.3 is 16.4 Å². The van der Waals surface area contributed by atoms with Crippen molar-refractivity contribution in [2.45, 2.75) is 38.3 Å². The molecule has 0 radical (unpaired) electrons. The van der Waals surface area contributed by atoms with Crippen LogP contribution in [0.1, 0.15) is 25.3 Å². The van der Waals surface area contributed by atoms with Gasteiger partial charge in [0.2, 0.25) is 11.8 Å². The van der Waals surface area contributed by atoms with Gasteiger partial charge in [0.15, 0.2) is 0 Å². The Bertz CT molecular complexity index is 483. The Morgan fingerprint density at radius 1 is 1.37 bits per heavy atom. The molecule has 5 nitrogen and oxygen atoms in total. The summed E-state index contributed by atoms with van der Waals surface area (Å²) in [5, 5.41) is 5.54. The fourth-order valence-corrected chi connectivity index (χ4v) is 1.78. The Labute approximate surface area is 112 Å². The number of para-hydroxylation sites is 1. The van der Waals surface area contributed by atoms with Crippen LogP contribution in [0.25, 0.3) is 0 Å². The Morgan fingerprint density at radius 3 is 2.68 bits per heavy atom. The first-order valence-electron chi connectivity index (χ1n) is 6.49. The lowest BCUT2D eigenvalue weighted by molar-refractivity contribution is -0.128. The molecule has 1 aromatic rings. The van der Waals surface area contributed by atoms with Gasteiger partial charge in [-0.25, -0.2) is 0 Å². The van der Waals surface area contributed by atoms with E-state index in [0.717, 1.165) is 18.4 Å². The van der Waals surface area contributed by atoms with E-state index < -0.39 is 6.04 Å². The minimum Gasteiger partial charge on any atom is -0.398 e. The smallest absolute Gasteiger partial charge is 0.242 e. The monoisotopic (exact) mass is 261 g/mol. The Kier molecular flexibility index (Phi) is 4.04. The Morgan fingerprint density at radius 2 is 2.05 bits per heavy atom. The highest BCUT2D eigenvalue weighted by molar-refractivity contribution is 5.88. The van der Waals surface area contributed by atoms with Gasteiger partial charge in [0.1, 0.15) is 6.04 Å². The van der Waals surface area contributed by atoms with E-state index in [4.69, 9.17) is 5.73 Å². The Hall–Kier alpha value is -2.04. The molecule has 1 saturated carbocycles. The number of nitrogens with two attached hydrogens (primary N) is 1. The molecule has 1 aromatic carbocycles. The molecule has 0 bridgehead atoms. The summed E-state index contributed by atoms with van der Waals surface area (Å²) in [6, 6.07) is 7.01. The van der Waals surface area contributed by atoms with Crippen molar-refractivity contribution in [2.24, 2.45) is 0 Å². The molecule has 1 unspecified atom stereocenters. The highest BCUT2D eigenvalue weighted by atomic mass is 16.2. The maximum atomic E-state index is 11.8. The number of carbonyl (C=O) groups is 2. The third-order valence-corrected chi connectivity index (χ3v) is 3.10. The van der Waals surface area contributed by atoms with E-state index in [1.807, 2.05) is 18.2 Å². The summed E-state index contributed by atoms with van der Waals surface area (Å²) in [6.07, 6.45) is 2.26. The van der Waals surface area contributed by atoms with Crippen LogP contribution >= 0.6 is 0 Å². The van der Waals surface area contributed by atoms with Gasteiger partial charge in [-0.15, -0.1) is 0 Å². The van der Waals surface area contributed by atoms with Crippen molar-refractivity contribution in [3.05, 3.63) is 29.8 Å². The molecule has 0 saturated heterocycles. The molecule has 0 heterocycles. The fraction of sp³-hybridized carbons (Fsp3) is 0.429. The lowest BCUT2D eigenvalue weighted by Crippen LogP contribution is -2.45. The highest BCUT2D eigenvalue weighted by Crippen LogP contribution is 2.18. The zero-order valence-electron chi connectivity index (χ0n) is 11.0. The van der Waals surface area contributed by atoms with Gasteiger partial charge in [-0.2, -0.15) is 0 Å². The van der Waals surface area contributed by atoms with E-state index in [9.17, 15) is 9.59 Å². The van der Waals surface area contributed by atoms with Crippen molar-refractivity contribution in [1.82, 2.24) is 10.6 Å². The molecule has 4 N–H and O–H groups in total. The van der Waals surface area contributed by atoms with Gasteiger partial charge in [-0.05, 0) is 31.4 Å². The SMILES string of the molecule is CC(NC(=O)Cc1ccccc1N)C(=O)NC1CC1. The van der Waals surface area contributed by atoms with Crippen molar-refractivity contribution < 1.29 is 9.59 Å². The molecular formula is C14H19N3O2. The number of nitrogens with one attached hydrogen (secondary N) is 2. The number of benzene rings is 1. The second-order valence-corrected chi connectivity index (χ2v) is 4.95. The molecule has 19 heavy (non-hydrogen) atoms. The predicted molar refractivity (Wildman–Crippen MR) is 73.3 cm³/mol. The number of hydrogen-bond donors (Lipinski definition) is 3. The standard InChI is InChI=1S/C14H19N3O2/c1-9(14(19)17-11-6-7-11)16-13(18)8-10-4-2-3-5-12(10)15/h2-5,9,11H,6-8,15H2,1H3,(H,16,18)(H,17,19). The van der Waals surface area contributed by atoms with Crippen LogP contribution in [-0.4, -0.2) is 23.9 Å². The maximum absolute atomic E-state index is 11.8. The molecule has 1 fully saturated rings. The topological polar surface area (TPSA) is 84.2 Å². The number of anilines is 1. The molecule has 0 aliphatic heterocycles. The van der Waals surface area contributed by atoms with E-state index in [-0.39, 0.29) is 18.2 Å². The van der Waals surface area contributed by atoms with Crippen LogP contribution in [0.15, 0.2) is 24.3 Å². The molecule has 2 amide bonds. The average Bonchev–Trinajstić information content (AvgIpc) is 3.16. The number of carbonyl (C=O) groups excluding carboxylic acids is 2. The van der Waals surface area contributed by atoms with Crippen LogP contribution in [-0.2, 0) is 16.0 Å². The van der Waals surface area contributed by atoms with Gasteiger partial charge in [-0.1, -0.05) is 18.2 Å².